The van der Waals surface area contributed by atoms with Crippen molar-refractivity contribution < 1.29 is 27.1 Å². The third-order valence-corrected chi connectivity index (χ3v) is 6.36. The molecule has 1 N–H and O–H groups in total. The van der Waals surface area contributed by atoms with Crippen LogP contribution in [0.3, 0.4) is 0 Å². The van der Waals surface area contributed by atoms with Crippen LogP contribution in [0.25, 0.3) is 0 Å². The summed E-state index contributed by atoms with van der Waals surface area (Å²) >= 11 is 0. The molecule has 1 aliphatic heterocycles. The van der Waals surface area contributed by atoms with Gasteiger partial charge in [0, 0.05) is 32.3 Å². The topological polar surface area (TPSA) is 84.9 Å². The molecule has 7 nitrogen and oxygen atoms in total. The van der Waals surface area contributed by atoms with Crippen LogP contribution in [0.15, 0.2) is 47.4 Å². The van der Waals surface area contributed by atoms with Crippen LogP contribution >= 0.6 is 0 Å². The van der Waals surface area contributed by atoms with E-state index in [-0.39, 0.29) is 35.7 Å². The molecule has 2 aromatic carbocycles. The second-order valence-corrected chi connectivity index (χ2v) is 8.91. The maximum absolute atomic E-state index is 13.8. The first kappa shape index (κ1) is 22.2. The summed E-state index contributed by atoms with van der Waals surface area (Å²) in [5.74, 6) is -0.666. The number of nitrogens with zero attached hydrogens (tertiary/aromatic N) is 1. The number of amides is 1. The van der Waals surface area contributed by atoms with E-state index in [2.05, 4.69) is 4.72 Å². The smallest absolute Gasteiger partial charge is 0.253 e. The van der Waals surface area contributed by atoms with Gasteiger partial charge in [0.05, 0.1) is 18.1 Å². The Morgan fingerprint density at radius 2 is 2.00 bits per heavy atom. The lowest BCUT2D eigenvalue weighted by Crippen LogP contribution is -2.32. The zero-order valence-corrected chi connectivity index (χ0v) is 17.7. The zero-order valence-electron chi connectivity index (χ0n) is 16.9. The summed E-state index contributed by atoms with van der Waals surface area (Å²) in [6, 6.07) is 10.2. The molecule has 9 heteroatoms. The first-order valence-electron chi connectivity index (χ1n) is 9.59. The van der Waals surface area contributed by atoms with Gasteiger partial charge in [-0.2, -0.15) is 0 Å². The highest BCUT2D eigenvalue weighted by Crippen LogP contribution is 2.19. The molecule has 1 amide bonds. The standard InChI is InChI=1S/C21H25FN2O5S/c1-24(14-15-5-10-20(28-2)19(22)12-15)21(25)16-6-8-18(9-7-16)30(26,27)23-13-17-4-3-11-29-17/h5-10,12,17,23H,3-4,11,13-14H2,1-2H3/t17-/m1/s1. The van der Waals surface area contributed by atoms with Gasteiger partial charge in [0.1, 0.15) is 0 Å². The normalized spacial score (nSPS) is 16.4. The summed E-state index contributed by atoms with van der Waals surface area (Å²) in [4.78, 5) is 14.2. The second-order valence-electron chi connectivity index (χ2n) is 7.14. The lowest BCUT2D eigenvalue weighted by molar-refractivity contribution is 0.0785. The molecule has 0 unspecified atom stereocenters. The van der Waals surface area contributed by atoms with Gasteiger partial charge in [-0.3, -0.25) is 4.79 Å². The number of benzene rings is 2. The molecule has 0 saturated carbocycles. The number of hydrogen-bond acceptors (Lipinski definition) is 5. The van der Waals surface area contributed by atoms with E-state index in [4.69, 9.17) is 9.47 Å². The van der Waals surface area contributed by atoms with E-state index in [0.29, 0.717) is 17.7 Å². The van der Waals surface area contributed by atoms with Crippen LogP contribution in [-0.4, -0.2) is 52.6 Å². The molecule has 1 saturated heterocycles. The molecule has 162 valence electrons. The molecule has 3 rings (SSSR count). The van der Waals surface area contributed by atoms with E-state index in [0.717, 1.165) is 12.8 Å². The number of carbonyl (C=O) groups excluding carboxylic acids is 1. The predicted octanol–water partition coefficient (Wildman–Crippen LogP) is 2.56. The molecule has 0 aromatic heterocycles. The third kappa shape index (κ3) is 5.35. The van der Waals surface area contributed by atoms with Gasteiger partial charge in [-0.1, -0.05) is 6.07 Å². The summed E-state index contributed by atoms with van der Waals surface area (Å²) in [6.07, 6.45) is 1.66. The Hall–Kier alpha value is -2.49. The number of carbonyl (C=O) groups is 1. The molecule has 30 heavy (non-hydrogen) atoms. The van der Waals surface area contributed by atoms with Crippen LogP contribution in [0.5, 0.6) is 5.75 Å². The van der Waals surface area contributed by atoms with E-state index in [9.17, 15) is 17.6 Å². The fourth-order valence-corrected chi connectivity index (χ4v) is 4.31. The molecule has 0 aliphatic carbocycles. The van der Waals surface area contributed by atoms with Crippen molar-refractivity contribution in [2.24, 2.45) is 0 Å². The largest absolute Gasteiger partial charge is 0.494 e. The number of sulfonamides is 1. The van der Waals surface area contributed by atoms with Crippen LogP contribution < -0.4 is 9.46 Å². The number of ether oxygens (including phenoxy) is 2. The molecule has 1 heterocycles. The summed E-state index contributed by atoms with van der Waals surface area (Å²) in [5.41, 5.74) is 0.950. The fraction of sp³-hybridized carbons (Fsp3) is 0.381. The Labute approximate surface area is 175 Å². The number of halogens is 1. The average Bonchev–Trinajstić information content (AvgIpc) is 3.26. The predicted molar refractivity (Wildman–Crippen MR) is 109 cm³/mol. The van der Waals surface area contributed by atoms with E-state index in [1.54, 1.807) is 13.1 Å². The highest BCUT2D eigenvalue weighted by Gasteiger charge is 2.21. The number of methoxy groups -OCH3 is 1. The number of nitrogens with one attached hydrogen (secondary N) is 1. The van der Waals surface area contributed by atoms with E-state index >= 15 is 0 Å². The lowest BCUT2D eigenvalue weighted by Gasteiger charge is -2.18. The maximum atomic E-state index is 13.8. The first-order chi connectivity index (χ1) is 14.3. The molecule has 0 spiro atoms. The Bertz CT molecular complexity index is 989. The highest BCUT2D eigenvalue weighted by atomic mass is 32.2. The minimum Gasteiger partial charge on any atom is -0.494 e. The molecule has 2 aromatic rings. The van der Waals surface area contributed by atoms with Gasteiger partial charge in [0.15, 0.2) is 11.6 Å². The van der Waals surface area contributed by atoms with E-state index < -0.39 is 15.8 Å². The van der Waals surface area contributed by atoms with Crippen molar-refractivity contribution in [3.8, 4) is 5.75 Å². The molecule has 1 fully saturated rings. The minimum absolute atomic E-state index is 0.0805. The van der Waals surface area contributed by atoms with Crippen molar-refractivity contribution in [3.05, 3.63) is 59.4 Å². The van der Waals surface area contributed by atoms with Gasteiger partial charge in [0.25, 0.3) is 5.91 Å². The van der Waals surface area contributed by atoms with Crippen molar-refractivity contribution in [3.63, 3.8) is 0 Å². The number of rotatable bonds is 8. The van der Waals surface area contributed by atoms with Crippen molar-refractivity contribution >= 4 is 15.9 Å². The van der Waals surface area contributed by atoms with Crippen molar-refractivity contribution in [1.82, 2.24) is 9.62 Å². The zero-order chi connectivity index (χ0) is 21.7. The maximum Gasteiger partial charge on any atom is 0.253 e. The van der Waals surface area contributed by atoms with E-state index in [1.807, 2.05) is 0 Å². The van der Waals surface area contributed by atoms with Crippen molar-refractivity contribution in [2.45, 2.75) is 30.4 Å². The van der Waals surface area contributed by atoms with Crippen molar-refractivity contribution in [1.29, 1.82) is 0 Å². The van der Waals surface area contributed by atoms with Gasteiger partial charge in [-0.25, -0.2) is 17.5 Å². The Morgan fingerprint density at radius 1 is 1.27 bits per heavy atom. The fourth-order valence-electron chi connectivity index (χ4n) is 3.24. The SMILES string of the molecule is COc1ccc(CN(C)C(=O)c2ccc(S(=O)(=O)NC[C@H]3CCCO3)cc2)cc1F. The summed E-state index contributed by atoms with van der Waals surface area (Å²) in [5, 5.41) is 0. The quantitative estimate of drug-likeness (QED) is 0.688. The van der Waals surface area contributed by atoms with Gasteiger partial charge in [-0.15, -0.1) is 0 Å². The lowest BCUT2D eigenvalue weighted by atomic mass is 10.1. The molecule has 1 atom stereocenters. The molecular formula is C21H25FN2O5S. The second kappa shape index (κ2) is 9.55. The van der Waals surface area contributed by atoms with Crippen LogP contribution in [-0.2, 0) is 21.3 Å². The van der Waals surface area contributed by atoms with Gasteiger partial charge < -0.3 is 14.4 Å². The molecule has 0 bridgehead atoms. The summed E-state index contributed by atoms with van der Waals surface area (Å²) < 4.78 is 51.5. The summed E-state index contributed by atoms with van der Waals surface area (Å²) in [7, 11) is -0.699. The minimum atomic E-state index is -3.68. The van der Waals surface area contributed by atoms with Crippen LogP contribution in [0.4, 0.5) is 4.39 Å². The average molecular weight is 437 g/mol. The van der Waals surface area contributed by atoms with Gasteiger partial charge >= 0.3 is 0 Å². The van der Waals surface area contributed by atoms with Crippen molar-refractivity contribution in [2.75, 3.05) is 27.3 Å². The Morgan fingerprint density at radius 3 is 2.60 bits per heavy atom. The monoisotopic (exact) mass is 436 g/mol. The van der Waals surface area contributed by atoms with Gasteiger partial charge in [-0.05, 0) is 54.8 Å². The molecule has 1 aliphatic rings. The van der Waals surface area contributed by atoms with Crippen LogP contribution in [0, 0.1) is 5.82 Å². The number of hydrogen-bond donors (Lipinski definition) is 1. The van der Waals surface area contributed by atoms with E-state index in [1.165, 1.54) is 48.4 Å². The highest BCUT2D eigenvalue weighted by molar-refractivity contribution is 7.89. The Kier molecular flexibility index (Phi) is 7.06. The third-order valence-electron chi connectivity index (χ3n) is 4.92. The van der Waals surface area contributed by atoms with Gasteiger partial charge in [0.2, 0.25) is 10.0 Å². The summed E-state index contributed by atoms with van der Waals surface area (Å²) in [6.45, 7) is 1.08. The Balaban J connectivity index is 1.62. The molecular weight excluding hydrogens is 411 g/mol. The first-order valence-corrected chi connectivity index (χ1v) is 11.1. The molecule has 0 radical (unpaired) electrons. The van der Waals surface area contributed by atoms with Crippen LogP contribution in [0.1, 0.15) is 28.8 Å². The van der Waals surface area contributed by atoms with Crippen LogP contribution in [0.2, 0.25) is 0 Å².